The van der Waals surface area contributed by atoms with E-state index in [1.54, 1.807) is 14.2 Å². The fraction of sp³-hybridized carbons (Fsp3) is 0.667. The zero-order valence-electron chi connectivity index (χ0n) is 16.6. The van der Waals surface area contributed by atoms with E-state index in [1.165, 1.54) is 18.4 Å². The lowest BCUT2D eigenvalue weighted by Gasteiger charge is -2.40. The lowest BCUT2D eigenvalue weighted by molar-refractivity contribution is -0.134. The SMILES string of the molecule is COc1ccc(CN2CCC[C@]3(CCN(C(=O)C(C)C)C3)C2)c(OC)c1. The van der Waals surface area contributed by atoms with E-state index in [4.69, 9.17) is 9.47 Å². The van der Waals surface area contributed by atoms with Crippen LogP contribution in [0, 0.1) is 11.3 Å². The highest BCUT2D eigenvalue weighted by molar-refractivity contribution is 5.78. The molecule has 1 atom stereocenters. The summed E-state index contributed by atoms with van der Waals surface area (Å²) >= 11 is 0. The smallest absolute Gasteiger partial charge is 0.225 e. The van der Waals surface area contributed by atoms with Crippen LogP contribution in [0.5, 0.6) is 11.5 Å². The number of hydrogen-bond donors (Lipinski definition) is 0. The highest BCUT2D eigenvalue weighted by Gasteiger charge is 2.43. The Morgan fingerprint density at radius 2 is 1.96 bits per heavy atom. The van der Waals surface area contributed by atoms with Gasteiger partial charge in [0.15, 0.2) is 0 Å². The Morgan fingerprint density at radius 3 is 2.65 bits per heavy atom. The second kappa shape index (κ2) is 7.87. The van der Waals surface area contributed by atoms with Gasteiger partial charge in [-0.3, -0.25) is 9.69 Å². The summed E-state index contributed by atoms with van der Waals surface area (Å²) in [4.78, 5) is 17.0. The van der Waals surface area contributed by atoms with Crippen LogP contribution in [0.15, 0.2) is 18.2 Å². The van der Waals surface area contributed by atoms with Crippen molar-refractivity contribution in [3.8, 4) is 11.5 Å². The van der Waals surface area contributed by atoms with Gasteiger partial charge in [-0.1, -0.05) is 19.9 Å². The van der Waals surface area contributed by atoms with Crippen LogP contribution in [-0.4, -0.2) is 56.1 Å². The van der Waals surface area contributed by atoms with E-state index in [2.05, 4.69) is 15.9 Å². The Bertz CT molecular complexity index is 646. The van der Waals surface area contributed by atoms with Crippen LogP contribution in [0.25, 0.3) is 0 Å². The number of amides is 1. The molecular weight excluding hydrogens is 328 g/mol. The van der Waals surface area contributed by atoms with Crippen molar-refractivity contribution in [3.63, 3.8) is 0 Å². The maximum atomic E-state index is 12.4. The first-order valence-electron chi connectivity index (χ1n) is 9.68. The molecule has 2 saturated heterocycles. The molecule has 1 aromatic carbocycles. The summed E-state index contributed by atoms with van der Waals surface area (Å²) in [5.41, 5.74) is 1.46. The third kappa shape index (κ3) is 3.98. The normalized spacial score (nSPS) is 23.7. The van der Waals surface area contributed by atoms with Crippen LogP contribution in [0.4, 0.5) is 0 Å². The lowest BCUT2D eigenvalue weighted by Crippen LogP contribution is -2.45. The van der Waals surface area contributed by atoms with Crippen LogP contribution >= 0.6 is 0 Å². The van der Waals surface area contributed by atoms with E-state index in [0.717, 1.165) is 50.6 Å². The maximum absolute atomic E-state index is 12.4. The van der Waals surface area contributed by atoms with Crippen LogP contribution in [-0.2, 0) is 11.3 Å². The van der Waals surface area contributed by atoms with Crippen molar-refractivity contribution < 1.29 is 14.3 Å². The Balaban J connectivity index is 1.67. The molecule has 2 heterocycles. The molecule has 1 amide bonds. The standard InChI is InChI=1S/C21H32N2O3/c1-16(2)20(24)23-11-9-21(15-23)8-5-10-22(14-21)13-17-6-7-18(25-3)12-19(17)26-4/h6-7,12,16H,5,8-11,13-15H2,1-4H3/t21-/m0/s1. The van der Waals surface area contributed by atoms with Crippen molar-refractivity contribution >= 4 is 5.91 Å². The van der Waals surface area contributed by atoms with Gasteiger partial charge in [-0.15, -0.1) is 0 Å². The van der Waals surface area contributed by atoms with Gasteiger partial charge in [-0.2, -0.15) is 0 Å². The average molecular weight is 360 g/mol. The van der Waals surface area contributed by atoms with Gasteiger partial charge in [0, 0.05) is 49.1 Å². The van der Waals surface area contributed by atoms with Crippen LogP contribution in [0.3, 0.4) is 0 Å². The van der Waals surface area contributed by atoms with Gasteiger partial charge in [-0.25, -0.2) is 0 Å². The molecule has 2 fully saturated rings. The zero-order chi connectivity index (χ0) is 18.7. The molecule has 26 heavy (non-hydrogen) atoms. The molecule has 3 rings (SSSR count). The molecule has 0 bridgehead atoms. The quantitative estimate of drug-likeness (QED) is 0.809. The molecule has 0 N–H and O–H groups in total. The molecule has 0 aliphatic carbocycles. The van der Waals surface area contributed by atoms with Crippen LogP contribution in [0.1, 0.15) is 38.7 Å². The largest absolute Gasteiger partial charge is 0.497 e. The van der Waals surface area contributed by atoms with Gasteiger partial charge in [0.05, 0.1) is 14.2 Å². The summed E-state index contributed by atoms with van der Waals surface area (Å²) in [5.74, 6) is 2.09. The molecule has 1 spiro atoms. The average Bonchev–Trinajstić information content (AvgIpc) is 3.04. The number of carbonyl (C=O) groups is 1. The fourth-order valence-electron chi connectivity index (χ4n) is 4.49. The summed E-state index contributed by atoms with van der Waals surface area (Å²) in [6, 6.07) is 6.05. The van der Waals surface area contributed by atoms with Gasteiger partial charge in [0.25, 0.3) is 0 Å². The van der Waals surface area contributed by atoms with E-state index >= 15 is 0 Å². The zero-order valence-corrected chi connectivity index (χ0v) is 16.6. The van der Waals surface area contributed by atoms with Gasteiger partial charge in [0.1, 0.15) is 11.5 Å². The molecular formula is C21H32N2O3. The van der Waals surface area contributed by atoms with Gasteiger partial charge >= 0.3 is 0 Å². The Labute approximate surface area is 157 Å². The third-order valence-electron chi connectivity index (χ3n) is 5.87. The topological polar surface area (TPSA) is 42.0 Å². The number of likely N-dealkylation sites (tertiary alicyclic amines) is 2. The first-order valence-corrected chi connectivity index (χ1v) is 9.68. The Kier molecular flexibility index (Phi) is 5.76. The van der Waals surface area contributed by atoms with Gasteiger partial charge in [0.2, 0.25) is 5.91 Å². The maximum Gasteiger partial charge on any atom is 0.225 e. The van der Waals surface area contributed by atoms with Crippen molar-refractivity contribution in [2.24, 2.45) is 11.3 Å². The predicted octanol–water partition coefficient (Wildman–Crippen LogP) is 3.17. The summed E-state index contributed by atoms with van der Waals surface area (Å²) in [5, 5.41) is 0. The van der Waals surface area contributed by atoms with Gasteiger partial charge in [-0.05, 0) is 31.9 Å². The summed E-state index contributed by atoms with van der Waals surface area (Å²) in [7, 11) is 3.38. The molecule has 5 heteroatoms. The second-order valence-corrected chi connectivity index (χ2v) is 8.16. The van der Waals surface area contributed by atoms with E-state index in [0.29, 0.717) is 5.91 Å². The van der Waals surface area contributed by atoms with E-state index in [1.807, 2.05) is 26.0 Å². The van der Waals surface area contributed by atoms with E-state index in [9.17, 15) is 4.79 Å². The van der Waals surface area contributed by atoms with Gasteiger partial charge < -0.3 is 14.4 Å². The minimum atomic E-state index is 0.0911. The van der Waals surface area contributed by atoms with Crippen molar-refractivity contribution in [1.29, 1.82) is 0 Å². The Hall–Kier alpha value is -1.75. The highest BCUT2D eigenvalue weighted by Crippen LogP contribution is 2.40. The minimum absolute atomic E-state index is 0.0911. The molecule has 144 valence electrons. The fourth-order valence-corrected chi connectivity index (χ4v) is 4.49. The number of methoxy groups -OCH3 is 2. The van der Waals surface area contributed by atoms with E-state index in [-0.39, 0.29) is 11.3 Å². The molecule has 5 nitrogen and oxygen atoms in total. The number of piperidine rings is 1. The first kappa shape index (κ1) is 19.0. The number of benzene rings is 1. The lowest BCUT2D eigenvalue weighted by atomic mass is 9.79. The molecule has 1 aromatic rings. The van der Waals surface area contributed by atoms with Crippen molar-refractivity contribution in [2.45, 2.75) is 39.7 Å². The molecule has 0 unspecified atom stereocenters. The third-order valence-corrected chi connectivity index (χ3v) is 5.87. The number of carbonyl (C=O) groups excluding carboxylic acids is 1. The summed E-state index contributed by atoms with van der Waals surface area (Å²) in [6.07, 6.45) is 3.55. The molecule has 0 radical (unpaired) electrons. The summed E-state index contributed by atoms with van der Waals surface area (Å²) in [6.45, 7) is 8.87. The second-order valence-electron chi connectivity index (χ2n) is 8.16. The minimum Gasteiger partial charge on any atom is -0.497 e. The molecule has 2 aliphatic heterocycles. The number of nitrogens with zero attached hydrogens (tertiary/aromatic N) is 2. The van der Waals surface area contributed by atoms with Crippen molar-refractivity contribution in [2.75, 3.05) is 40.4 Å². The molecule has 2 aliphatic rings. The number of hydrogen-bond acceptors (Lipinski definition) is 4. The Morgan fingerprint density at radius 1 is 1.15 bits per heavy atom. The number of ether oxygens (including phenoxy) is 2. The van der Waals surface area contributed by atoms with Crippen LogP contribution in [0.2, 0.25) is 0 Å². The number of rotatable bonds is 5. The first-order chi connectivity index (χ1) is 12.5. The monoisotopic (exact) mass is 360 g/mol. The molecule has 0 saturated carbocycles. The van der Waals surface area contributed by atoms with Crippen molar-refractivity contribution in [3.05, 3.63) is 23.8 Å². The summed E-state index contributed by atoms with van der Waals surface area (Å²) < 4.78 is 10.9. The van der Waals surface area contributed by atoms with E-state index < -0.39 is 0 Å². The molecule has 0 aromatic heterocycles. The van der Waals surface area contributed by atoms with Crippen LogP contribution < -0.4 is 9.47 Å². The highest BCUT2D eigenvalue weighted by atomic mass is 16.5. The predicted molar refractivity (Wildman–Crippen MR) is 103 cm³/mol. The van der Waals surface area contributed by atoms with Crippen molar-refractivity contribution in [1.82, 2.24) is 9.80 Å².